The Morgan fingerprint density at radius 1 is 1.35 bits per heavy atom. The molecule has 0 aromatic rings. The zero-order valence-electron chi connectivity index (χ0n) is 13.5. The molecule has 0 radical (unpaired) electrons. The molecule has 2 atom stereocenters. The second-order valence-electron chi connectivity index (χ2n) is 5.40. The van der Waals surface area contributed by atoms with Crippen LogP contribution in [0.25, 0.3) is 0 Å². The molecule has 2 unspecified atom stereocenters. The van der Waals surface area contributed by atoms with Gasteiger partial charge in [-0.2, -0.15) is 0 Å². The van der Waals surface area contributed by atoms with E-state index in [1.54, 1.807) is 20.1 Å². The quantitative estimate of drug-likeness (QED) is 0.266. The van der Waals surface area contributed by atoms with Crippen LogP contribution < -0.4 is 0 Å². The Morgan fingerprint density at radius 2 is 1.95 bits per heavy atom. The lowest BCUT2D eigenvalue weighted by Gasteiger charge is -2.38. The molecule has 0 amide bonds. The van der Waals surface area contributed by atoms with E-state index in [-0.39, 0.29) is 12.6 Å². The van der Waals surface area contributed by atoms with Gasteiger partial charge in [-0.3, -0.25) is 0 Å². The summed E-state index contributed by atoms with van der Waals surface area (Å²) in [5, 5.41) is 0. The van der Waals surface area contributed by atoms with Crippen LogP contribution in [0, 0.1) is 0 Å². The maximum Gasteiger partial charge on any atom is 0.333 e. The molecule has 0 rings (SSSR count). The van der Waals surface area contributed by atoms with Crippen LogP contribution in [0.1, 0.15) is 47.0 Å². The standard InChI is InChI=1S/C16H28O4/c1-8-10-15(5,20-16(6,9-2)18-7)11-12-19-14(17)13(3)4/h8H,1,3,9-12H2,2,4-7H3. The largest absolute Gasteiger partial charge is 0.462 e. The Balaban J connectivity index is 4.63. The van der Waals surface area contributed by atoms with E-state index in [4.69, 9.17) is 14.2 Å². The highest BCUT2D eigenvalue weighted by molar-refractivity contribution is 5.86. The molecule has 20 heavy (non-hydrogen) atoms. The minimum Gasteiger partial charge on any atom is -0.462 e. The summed E-state index contributed by atoms with van der Waals surface area (Å²) in [7, 11) is 1.62. The van der Waals surface area contributed by atoms with Gasteiger partial charge in [-0.05, 0) is 33.6 Å². The van der Waals surface area contributed by atoms with Crippen LogP contribution in [0.15, 0.2) is 24.8 Å². The first-order chi connectivity index (χ1) is 9.22. The molecule has 0 aliphatic rings. The van der Waals surface area contributed by atoms with Gasteiger partial charge >= 0.3 is 5.97 Å². The molecular weight excluding hydrogens is 256 g/mol. The molecule has 0 aromatic carbocycles. The molecule has 0 fully saturated rings. The number of ether oxygens (including phenoxy) is 3. The van der Waals surface area contributed by atoms with Gasteiger partial charge in [-0.1, -0.05) is 19.6 Å². The second-order valence-corrected chi connectivity index (χ2v) is 5.40. The van der Waals surface area contributed by atoms with Crippen molar-refractivity contribution < 1.29 is 19.0 Å². The van der Waals surface area contributed by atoms with Crippen molar-refractivity contribution in [1.82, 2.24) is 0 Å². The van der Waals surface area contributed by atoms with E-state index >= 15 is 0 Å². The summed E-state index contributed by atoms with van der Waals surface area (Å²) in [6.07, 6.45) is 3.74. The third kappa shape index (κ3) is 6.35. The van der Waals surface area contributed by atoms with E-state index in [0.717, 1.165) is 6.42 Å². The van der Waals surface area contributed by atoms with E-state index in [2.05, 4.69) is 13.2 Å². The van der Waals surface area contributed by atoms with Crippen molar-refractivity contribution in [2.24, 2.45) is 0 Å². The van der Waals surface area contributed by atoms with Crippen LogP contribution >= 0.6 is 0 Å². The highest BCUT2D eigenvalue weighted by atomic mass is 16.7. The Bertz CT molecular complexity index is 344. The molecule has 116 valence electrons. The molecule has 0 bridgehead atoms. The van der Waals surface area contributed by atoms with Gasteiger partial charge in [0, 0.05) is 19.1 Å². The molecule has 0 heterocycles. The first-order valence-electron chi connectivity index (χ1n) is 6.91. The fraction of sp³-hybridized carbons (Fsp3) is 0.688. The van der Waals surface area contributed by atoms with Gasteiger partial charge in [0.25, 0.3) is 0 Å². The van der Waals surface area contributed by atoms with Gasteiger partial charge in [0.2, 0.25) is 0 Å². The van der Waals surface area contributed by atoms with E-state index in [1.165, 1.54) is 0 Å². The summed E-state index contributed by atoms with van der Waals surface area (Å²) in [5.41, 5.74) is -0.0932. The van der Waals surface area contributed by atoms with Gasteiger partial charge in [0.15, 0.2) is 5.79 Å². The Hall–Kier alpha value is -1.13. The topological polar surface area (TPSA) is 44.8 Å². The van der Waals surface area contributed by atoms with Crippen molar-refractivity contribution in [3.63, 3.8) is 0 Å². The lowest BCUT2D eigenvalue weighted by molar-refractivity contribution is -0.268. The van der Waals surface area contributed by atoms with Gasteiger partial charge < -0.3 is 14.2 Å². The molecule has 4 nitrogen and oxygen atoms in total. The van der Waals surface area contributed by atoms with Gasteiger partial charge in [-0.15, -0.1) is 6.58 Å². The van der Waals surface area contributed by atoms with Crippen LogP contribution in [-0.2, 0) is 19.0 Å². The van der Waals surface area contributed by atoms with Crippen LogP contribution in [0.5, 0.6) is 0 Å². The van der Waals surface area contributed by atoms with Crippen molar-refractivity contribution in [1.29, 1.82) is 0 Å². The molecule has 0 N–H and O–H groups in total. The van der Waals surface area contributed by atoms with Crippen LogP contribution in [0.4, 0.5) is 0 Å². The summed E-state index contributed by atoms with van der Waals surface area (Å²) in [6.45, 7) is 15.1. The lowest BCUT2D eigenvalue weighted by atomic mass is 9.97. The number of esters is 1. The number of carbonyl (C=O) groups excluding carboxylic acids is 1. The third-order valence-electron chi connectivity index (χ3n) is 3.32. The monoisotopic (exact) mass is 284 g/mol. The smallest absolute Gasteiger partial charge is 0.333 e. The lowest BCUT2D eigenvalue weighted by Crippen LogP contribution is -2.42. The summed E-state index contributed by atoms with van der Waals surface area (Å²) >= 11 is 0. The molecule has 0 saturated carbocycles. The number of methoxy groups -OCH3 is 1. The zero-order chi connectivity index (χ0) is 15.8. The Morgan fingerprint density at radius 3 is 2.35 bits per heavy atom. The molecular formula is C16H28O4. The number of carbonyl (C=O) groups is 1. The number of hydrogen-bond acceptors (Lipinski definition) is 4. The maximum absolute atomic E-state index is 11.4. The molecule has 4 heteroatoms. The summed E-state index contributed by atoms with van der Waals surface area (Å²) in [6, 6.07) is 0. The van der Waals surface area contributed by atoms with Crippen molar-refractivity contribution in [3.8, 4) is 0 Å². The predicted octanol–water partition coefficient (Wildman–Crippen LogP) is 3.62. The average Bonchev–Trinajstić information content (AvgIpc) is 2.38. The predicted molar refractivity (Wildman–Crippen MR) is 80.4 cm³/mol. The summed E-state index contributed by atoms with van der Waals surface area (Å²) < 4.78 is 16.6. The van der Waals surface area contributed by atoms with Gasteiger partial charge in [0.1, 0.15) is 0 Å². The fourth-order valence-electron chi connectivity index (χ4n) is 1.76. The highest BCUT2D eigenvalue weighted by Crippen LogP contribution is 2.30. The first kappa shape index (κ1) is 18.9. The SMILES string of the molecule is C=CCC(C)(CCOC(=O)C(=C)C)OC(C)(CC)OC. The van der Waals surface area contributed by atoms with E-state index < -0.39 is 11.4 Å². The van der Waals surface area contributed by atoms with Crippen molar-refractivity contribution in [2.45, 2.75) is 58.3 Å². The van der Waals surface area contributed by atoms with E-state index in [9.17, 15) is 4.79 Å². The number of rotatable bonds is 10. The normalized spacial score (nSPS) is 16.9. The van der Waals surface area contributed by atoms with Crippen molar-refractivity contribution >= 4 is 5.97 Å². The van der Waals surface area contributed by atoms with Crippen molar-refractivity contribution in [2.75, 3.05) is 13.7 Å². The third-order valence-corrected chi connectivity index (χ3v) is 3.32. The van der Waals surface area contributed by atoms with Crippen molar-refractivity contribution in [3.05, 3.63) is 24.8 Å². The second kappa shape index (κ2) is 8.22. The molecule has 0 aliphatic heterocycles. The molecule has 0 aromatic heterocycles. The number of hydrogen-bond donors (Lipinski definition) is 0. The van der Waals surface area contributed by atoms with E-state index in [1.807, 2.05) is 20.8 Å². The fourth-order valence-corrected chi connectivity index (χ4v) is 1.76. The Kier molecular flexibility index (Phi) is 7.76. The molecule has 0 saturated heterocycles. The highest BCUT2D eigenvalue weighted by Gasteiger charge is 2.34. The van der Waals surface area contributed by atoms with E-state index in [0.29, 0.717) is 18.4 Å². The summed E-state index contributed by atoms with van der Waals surface area (Å²) in [4.78, 5) is 11.4. The minimum absolute atomic E-state index is 0.277. The van der Waals surface area contributed by atoms with Crippen LogP contribution in [-0.4, -0.2) is 31.1 Å². The van der Waals surface area contributed by atoms with Gasteiger partial charge in [0.05, 0.1) is 12.2 Å². The average molecular weight is 284 g/mol. The zero-order valence-corrected chi connectivity index (χ0v) is 13.5. The molecule has 0 spiro atoms. The van der Waals surface area contributed by atoms with Crippen LogP contribution in [0.3, 0.4) is 0 Å². The molecule has 0 aliphatic carbocycles. The minimum atomic E-state index is -0.657. The summed E-state index contributed by atoms with van der Waals surface area (Å²) in [5.74, 6) is -1.04. The maximum atomic E-state index is 11.4. The van der Waals surface area contributed by atoms with Crippen LogP contribution in [0.2, 0.25) is 0 Å². The Labute approximate surface area is 122 Å². The van der Waals surface area contributed by atoms with Gasteiger partial charge in [-0.25, -0.2) is 4.79 Å². The first-order valence-corrected chi connectivity index (χ1v) is 6.91.